The van der Waals surface area contributed by atoms with Crippen molar-refractivity contribution < 1.29 is 14.4 Å². The SMILES string of the molecule is NC1(C(=O)N[C@H](Cc2csc3ccccc23)C(=O)N[C@H](Cc2ccc3ccccc3c2)NC=O)CCNCC1. The lowest BCUT2D eigenvalue weighted by molar-refractivity contribution is -0.133. The number of carbonyl (C=O) groups excluding carboxylic acids is 3. The zero-order valence-electron chi connectivity index (χ0n) is 21.6. The van der Waals surface area contributed by atoms with E-state index in [1.165, 1.54) is 0 Å². The summed E-state index contributed by atoms with van der Waals surface area (Å²) in [7, 11) is 0. The van der Waals surface area contributed by atoms with E-state index in [2.05, 4.69) is 21.3 Å². The van der Waals surface area contributed by atoms with Gasteiger partial charge in [-0.15, -0.1) is 11.3 Å². The molecule has 1 aliphatic heterocycles. The van der Waals surface area contributed by atoms with Crippen molar-refractivity contribution in [3.8, 4) is 0 Å². The lowest BCUT2D eigenvalue weighted by atomic mass is 9.88. The number of nitrogens with two attached hydrogens (primary N) is 1. The Bertz CT molecular complexity index is 1480. The summed E-state index contributed by atoms with van der Waals surface area (Å²) in [5.41, 5.74) is 7.38. The summed E-state index contributed by atoms with van der Waals surface area (Å²) in [6.07, 6.45) is 1.61. The van der Waals surface area contributed by atoms with Gasteiger partial charge in [0.2, 0.25) is 18.2 Å². The predicted octanol–water partition coefficient (Wildman–Crippen LogP) is 2.59. The summed E-state index contributed by atoms with van der Waals surface area (Å²) in [5, 5.41) is 17.1. The van der Waals surface area contributed by atoms with Crippen LogP contribution < -0.4 is 27.0 Å². The fraction of sp³-hybridized carbons (Fsp3) is 0.300. The molecule has 202 valence electrons. The molecule has 2 heterocycles. The van der Waals surface area contributed by atoms with Gasteiger partial charge in [-0.3, -0.25) is 14.4 Å². The number of thiophene rings is 1. The van der Waals surface area contributed by atoms with Crippen molar-refractivity contribution in [2.75, 3.05) is 13.1 Å². The van der Waals surface area contributed by atoms with Crippen LogP contribution >= 0.6 is 11.3 Å². The molecule has 39 heavy (non-hydrogen) atoms. The fourth-order valence-electron chi connectivity index (χ4n) is 5.13. The Labute approximate surface area is 231 Å². The van der Waals surface area contributed by atoms with Gasteiger partial charge in [0, 0.05) is 17.5 Å². The van der Waals surface area contributed by atoms with Gasteiger partial charge in [-0.05, 0) is 64.7 Å². The predicted molar refractivity (Wildman–Crippen MR) is 155 cm³/mol. The van der Waals surface area contributed by atoms with Crippen molar-refractivity contribution in [1.29, 1.82) is 0 Å². The van der Waals surface area contributed by atoms with Crippen molar-refractivity contribution in [3.05, 3.63) is 83.2 Å². The van der Waals surface area contributed by atoms with Gasteiger partial charge in [-0.2, -0.15) is 0 Å². The largest absolute Gasteiger partial charge is 0.342 e. The summed E-state index contributed by atoms with van der Waals surface area (Å²) < 4.78 is 1.11. The number of amides is 3. The highest BCUT2D eigenvalue weighted by Gasteiger charge is 2.37. The van der Waals surface area contributed by atoms with Crippen molar-refractivity contribution in [2.45, 2.75) is 43.4 Å². The fourth-order valence-corrected chi connectivity index (χ4v) is 6.11. The first kappa shape index (κ1) is 26.8. The Balaban J connectivity index is 1.36. The highest BCUT2D eigenvalue weighted by atomic mass is 32.1. The van der Waals surface area contributed by atoms with Gasteiger partial charge in [-0.25, -0.2) is 0 Å². The number of carbonyl (C=O) groups is 3. The van der Waals surface area contributed by atoms with Crippen molar-refractivity contribution >= 4 is 50.4 Å². The first-order valence-electron chi connectivity index (χ1n) is 13.2. The van der Waals surface area contributed by atoms with Crippen LogP contribution in [0.2, 0.25) is 0 Å². The normalized spacial score (nSPS) is 16.3. The van der Waals surface area contributed by atoms with Gasteiger partial charge in [0.15, 0.2) is 0 Å². The molecule has 5 rings (SSSR count). The number of piperidine rings is 1. The molecular weight excluding hydrogens is 510 g/mol. The Kier molecular flexibility index (Phi) is 8.21. The van der Waals surface area contributed by atoms with Crippen LogP contribution in [0, 0.1) is 0 Å². The molecule has 1 fully saturated rings. The molecule has 0 bridgehead atoms. The van der Waals surface area contributed by atoms with E-state index in [9.17, 15) is 14.4 Å². The first-order valence-corrected chi connectivity index (χ1v) is 14.1. The Hall–Kier alpha value is -3.79. The molecule has 2 atom stereocenters. The van der Waals surface area contributed by atoms with E-state index < -0.39 is 17.7 Å². The number of hydrogen-bond acceptors (Lipinski definition) is 6. The standard InChI is InChI=1S/C30H33N5O3S/c31-30(11-13-32-14-12-30)29(38)34-25(17-23-18-39-26-8-4-3-7-24(23)26)28(37)35-27(33-19-36)16-20-9-10-21-5-1-2-6-22(21)15-20/h1-10,15,18-19,25,27,32H,11-14,16-17,31H2,(H,33,36)(H,34,38)(H,35,37)/t25-,27-/m1/s1. The van der Waals surface area contributed by atoms with Crippen LogP contribution in [0.3, 0.4) is 0 Å². The molecular formula is C30H33N5O3S. The summed E-state index contributed by atoms with van der Waals surface area (Å²) >= 11 is 1.60. The number of hydrogen-bond donors (Lipinski definition) is 5. The third kappa shape index (κ3) is 6.27. The molecule has 0 aliphatic carbocycles. The van der Waals surface area contributed by atoms with E-state index in [-0.39, 0.29) is 11.8 Å². The summed E-state index contributed by atoms with van der Waals surface area (Å²) in [4.78, 5) is 38.5. The van der Waals surface area contributed by atoms with Crippen LogP contribution in [-0.2, 0) is 27.2 Å². The Morgan fingerprint density at radius 1 is 0.974 bits per heavy atom. The highest BCUT2D eigenvalue weighted by Crippen LogP contribution is 2.27. The quantitative estimate of drug-likeness (QED) is 0.155. The van der Waals surface area contributed by atoms with Gasteiger partial charge in [0.1, 0.15) is 12.2 Å². The number of rotatable bonds is 10. The van der Waals surface area contributed by atoms with E-state index in [0.29, 0.717) is 45.2 Å². The van der Waals surface area contributed by atoms with Crippen LogP contribution in [0.1, 0.15) is 24.0 Å². The molecule has 0 radical (unpaired) electrons. The molecule has 1 aliphatic rings. The van der Waals surface area contributed by atoms with E-state index in [1.807, 2.05) is 72.1 Å². The third-order valence-electron chi connectivity index (χ3n) is 7.39. The molecule has 0 unspecified atom stereocenters. The van der Waals surface area contributed by atoms with E-state index >= 15 is 0 Å². The van der Waals surface area contributed by atoms with Gasteiger partial charge in [0.05, 0.1) is 5.54 Å². The molecule has 0 spiro atoms. The molecule has 9 heteroatoms. The van der Waals surface area contributed by atoms with Gasteiger partial charge in [-0.1, -0.05) is 60.7 Å². The minimum atomic E-state index is -1.04. The molecule has 6 N–H and O–H groups in total. The zero-order chi connectivity index (χ0) is 27.2. The van der Waals surface area contributed by atoms with Crippen LogP contribution in [0.25, 0.3) is 20.9 Å². The van der Waals surface area contributed by atoms with E-state index in [1.54, 1.807) is 11.3 Å². The topological polar surface area (TPSA) is 125 Å². The second kappa shape index (κ2) is 11.9. The van der Waals surface area contributed by atoms with Gasteiger partial charge < -0.3 is 27.0 Å². The van der Waals surface area contributed by atoms with Crippen LogP contribution in [0.4, 0.5) is 0 Å². The average Bonchev–Trinajstić information content (AvgIpc) is 3.36. The van der Waals surface area contributed by atoms with Crippen molar-refractivity contribution in [3.63, 3.8) is 0 Å². The molecule has 3 aromatic carbocycles. The second-order valence-corrected chi connectivity index (χ2v) is 11.0. The zero-order valence-corrected chi connectivity index (χ0v) is 22.4. The van der Waals surface area contributed by atoms with E-state index in [4.69, 9.17) is 5.73 Å². The molecule has 8 nitrogen and oxygen atoms in total. The van der Waals surface area contributed by atoms with Crippen LogP contribution in [0.15, 0.2) is 72.1 Å². The minimum Gasteiger partial charge on any atom is -0.342 e. The smallest absolute Gasteiger partial charge is 0.244 e. The van der Waals surface area contributed by atoms with Gasteiger partial charge in [0.25, 0.3) is 0 Å². The number of fused-ring (bicyclic) bond motifs is 2. The molecule has 0 saturated carbocycles. The first-order chi connectivity index (χ1) is 18.9. The Morgan fingerprint density at radius 3 is 2.51 bits per heavy atom. The Morgan fingerprint density at radius 2 is 1.72 bits per heavy atom. The van der Waals surface area contributed by atoms with Crippen LogP contribution in [-0.4, -0.2) is 49.1 Å². The maximum absolute atomic E-state index is 13.7. The molecule has 1 aromatic heterocycles. The maximum Gasteiger partial charge on any atom is 0.244 e. The monoisotopic (exact) mass is 543 g/mol. The number of nitrogens with one attached hydrogen (secondary N) is 4. The molecule has 3 amide bonds. The third-order valence-corrected chi connectivity index (χ3v) is 8.41. The summed E-state index contributed by atoms with van der Waals surface area (Å²) in [6, 6.07) is 21.2. The molecule has 4 aromatic rings. The lowest BCUT2D eigenvalue weighted by Crippen LogP contribution is -2.63. The molecule has 1 saturated heterocycles. The number of benzene rings is 3. The van der Waals surface area contributed by atoms with Crippen molar-refractivity contribution in [2.24, 2.45) is 5.73 Å². The second-order valence-electron chi connectivity index (χ2n) is 10.1. The van der Waals surface area contributed by atoms with Gasteiger partial charge >= 0.3 is 0 Å². The summed E-state index contributed by atoms with van der Waals surface area (Å²) in [6.45, 7) is 1.29. The van der Waals surface area contributed by atoms with E-state index in [0.717, 1.165) is 32.0 Å². The minimum absolute atomic E-state index is 0.305. The average molecular weight is 544 g/mol. The summed E-state index contributed by atoms with van der Waals surface area (Å²) in [5.74, 6) is -0.714. The van der Waals surface area contributed by atoms with Crippen molar-refractivity contribution in [1.82, 2.24) is 21.3 Å². The maximum atomic E-state index is 13.7. The highest BCUT2D eigenvalue weighted by molar-refractivity contribution is 7.17. The van der Waals surface area contributed by atoms with Crippen LogP contribution in [0.5, 0.6) is 0 Å². The lowest BCUT2D eigenvalue weighted by Gasteiger charge is -2.34.